The van der Waals surface area contributed by atoms with Gasteiger partial charge in [0.25, 0.3) is 0 Å². The molecule has 3 heteroatoms. The number of hydrogen-bond acceptors (Lipinski definition) is 1. The Hall–Kier alpha value is -0.390. The van der Waals surface area contributed by atoms with Crippen LogP contribution < -0.4 is 0 Å². The molecule has 1 nitrogen and oxygen atoms in total. The van der Waals surface area contributed by atoms with Crippen LogP contribution in [0.25, 0.3) is 0 Å². The second-order valence-electron chi connectivity index (χ2n) is 4.31. The number of rotatable bonds is 3. The Labute approximate surface area is 130 Å². The highest BCUT2D eigenvalue weighted by atomic mass is 127. The molecule has 0 radical (unpaired) electrons. The molecule has 18 heavy (non-hydrogen) atoms. The van der Waals surface area contributed by atoms with Gasteiger partial charge in [0.1, 0.15) is 0 Å². The van der Waals surface area contributed by atoms with Gasteiger partial charge in [0.15, 0.2) is 0 Å². The van der Waals surface area contributed by atoms with E-state index in [1.807, 2.05) is 30.3 Å². The molecule has 1 atom stereocenters. The first-order valence-electron chi connectivity index (χ1n) is 5.75. The summed E-state index contributed by atoms with van der Waals surface area (Å²) in [6, 6.07) is 14.2. The van der Waals surface area contributed by atoms with Crippen molar-refractivity contribution < 1.29 is 5.11 Å². The average molecular weight is 417 g/mol. The highest BCUT2D eigenvalue weighted by Crippen LogP contribution is 2.27. The number of aliphatic hydroxyl groups is 1. The van der Waals surface area contributed by atoms with Crippen LogP contribution in [0.3, 0.4) is 0 Å². The lowest BCUT2D eigenvalue weighted by atomic mass is 9.98. The van der Waals surface area contributed by atoms with Crippen LogP contribution in [0.5, 0.6) is 0 Å². The molecule has 0 aliphatic carbocycles. The van der Waals surface area contributed by atoms with Crippen molar-refractivity contribution in [2.24, 2.45) is 0 Å². The molecule has 0 heterocycles. The molecular formula is C15H14BrIO. The van der Waals surface area contributed by atoms with E-state index in [-0.39, 0.29) is 0 Å². The quantitative estimate of drug-likeness (QED) is 0.722. The van der Waals surface area contributed by atoms with Gasteiger partial charge in [0, 0.05) is 14.5 Å². The van der Waals surface area contributed by atoms with Crippen molar-refractivity contribution in [2.75, 3.05) is 0 Å². The Morgan fingerprint density at radius 1 is 1.22 bits per heavy atom. The summed E-state index contributed by atoms with van der Waals surface area (Å²) in [5.41, 5.74) is 3.40. The first kappa shape index (κ1) is 14.0. The van der Waals surface area contributed by atoms with E-state index in [0.717, 1.165) is 13.6 Å². The fourth-order valence-corrected chi connectivity index (χ4v) is 3.00. The summed E-state index contributed by atoms with van der Waals surface area (Å²) in [4.78, 5) is 0. The zero-order chi connectivity index (χ0) is 13.1. The molecule has 1 N–H and O–H groups in total. The third-order valence-electron chi connectivity index (χ3n) is 2.99. The molecule has 2 aromatic carbocycles. The third kappa shape index (κ3) is 3.33. The third-order valence-corrected chi connectivity index (χ3v) is 4.47. The molecule has 2 rings (SSSR count). The van der Waals surface area contributed by atoms with E-state index in [9.17, 15) is 5.11 Å². The van der Waals surface area contributed by atoms with Crippen LogP contribution >= 0.6 is 38.5 Å². The largest absolute Gasteiger partial charge is 0.388 e. The van der Waals surface area contributed by atoms with Gasteiger partial charge in [-0.05, 0) is 64.4 Å². The van der Waals surface area contributed by atoms with Gasteiger partial charge in [-0.1, -0.05) is 40.2 Å². The first-order valence-corrected chi connectivity index (χ1v) is 7.62. The second-order valence-corrected chi connectivity index (χ2v) is 6.39. The van der Waals surface area contributed by atoms with Crippen LogP contribution in [0.2, 0.25) is 0 Å². The number of hydrogen-bond donors (Lipinski definition) is 1. The maximum atomic E-state index is 10.4. The predicted octanol–water partition coefficient (Wildman–Crippen LogP) is 4.64. The topological polar surface area (TPSA) is 20.2 Å². The fraction of sp³-hybridized carbons (Fsp3) is 0.200. The summed E-state index contributed by atoms with van der Waals surface area (Å²) in [5.74, 6) is 0. The van der Waals surface area contributed by atoms with Crippen LogP contribution in [0, 0.1) is 10.5 Å². The fourth-order valence-electron chi connectivity index (χ4n) is 1.93. The Balaban J connectivity index is 2.25. The van der Waals surface area contributed by atoms with Crippen LogP contribution in [0.15, 0.2) is 46.9 Å². The first-order chi connectivity index (χ1) is 8.58. The summed E-state index contributed by atoms with van der Waals surface area (Å²) >= 11 is 5.71. The van der Waals surface area contributed by atoms with Gasteiger partial charge >= 0.3 is 0 Å². The number of benzene rings is 2. The minimum absolute atomic E-state index is 0.463. The molecule has 0 aliphatic rings. The molecule has 0 spiro atoms. The van der Waals surface area contributed by atoms with Gasteiger partial charge in [0.2, 0.25) is 0 Å². The molecule has 0 saturated carbocycles. The van der Waals surface area contributed by atoms with Crippen molar-refractivity contribution in [3.8, 4) is 0 Å². The number of aryl methyl sites for hydroxylation is 1. The monoisotopic (exact) mass is 416 g/mol. The van der Waals surface area contributed by atoms with Crippen LogP contribution in [-0.2, 0) is 6.42 Å². The molecule has 0 aliphatic heterocycles. The molecule has 2 aromatic rings. The van der Waals surface area contributed by atoms with Crippen molar-refractivity contribution in [3.05, 3.63) is 67.2 Å². The molecule has 94 valence electrons. The Morgan fingerprint density at radius 2 is 1.94 bits per heavy atom. The minimum atomic E-state index is -0.463. The van der Waals surface area contributed by atoms with Crippen molar-refractivity contribution in [1.29, 1.82) is 0 Å². The van der Waals surface area contributed by atoms with Gasteiger partial charge in [-0.2, -0.15) is 0 Å². The average Bonchev–Trinajstić information content (AvgIpc) is 2.35. The van der Waals surface area contributed by atoms with Gasteiger partial charge in [-0.25, -0.2) is 0 Å². The summed E-state index contributed by atoms with van der Waals surface area (Å²) in [6.07, 6.45) is 0.189. The van der Waals surface area contributed by atoms with Crippen molar-refractivity contribution in [2.45, 2.75) is 19.4 Å². The van der Waals surface area contributed by atoms with Crippen molar-refractivity contribution >= 4 is 38.5 Å². The van der Waals surface area contributed by atoms with Gasteiger partial charge in [-0.3, -0.25) is 0 Å². The number of halogens is 2. The van der Waals surface area contributed by atoms with Crippen molar-refractivity contribution in [3.63, 3.8) is 0 Å². The van der Waals surface area contributed by atoms with Gasteiger partial charge in [-0.15, -0.1) is 0 Å². The van der Waals surface area contributed by atoms with E-state index in [4.69, 9.17) is 0 Å². The summed E-state index contributed by atoms with van der Waals surface area (Å²) in [6.45, 7) is 2.08. The van der Waals surface area contributed by atoms with E-state index < -0.39 is 6.10 Å². The standard InChI is InChI=1S/C15H14BrIO/c1-10-4-2-3-5-11(10)8-15(18)13-9-12(16)6-7-14(13)17/h2-7,9,15,18H,8H2,1H3. The molecule has 0 saturated heterocycles. The van der Waals surface area contributed by atoms with E-state index in [0.29, 0.717) is 6.42 Å². The second kappa shape index (κ2) is 6.17. The molecule has 1 unspecified atom stereocenters. The molecule has 0 fully saturated rings. The summed E-state index contributed by atoms with van der Waals surface area (Å²) in [5, 5.41) is 10.4. The van der Waals surface area contributed by atoms with E-state index in [1.165, 1.54) is 11.1 Å². The highest BCUT2D eigenvalue weighted by molar-refractivity contribution is 14.1. The summed E-state index contributed by atoms with van der Waals surface area (Å²) < 4.78 is 2.10. The zero-order valence-electron chi connectivity index (χ0n) is 10.0. The molecular weight excluding hydrogens is 403 g/mol. The Kier molecular flexibility index (Phi) is 4.81. The van der Waals surface area contributed by atoms with Crippen LogP contribution in [-0.4, -0.2) is 5.11 Å². The molecule has 0 amide bonds. The van der Waals surface area contributed by atoms with E-state index in [2.05, 4.69) is 57.6 Å². The smallest absolute Gasteiger partial charge is 0.0841 e. The van der Waals surface area contributed by atoms with Crippen LogP contribution in [0.1, 0.15) is 22.8 Å². The van der Waals surface area contributed by atoms with Gasteiger partial charge < -0.3 is 5.11 Å². The van der Waals surface area contributed by atoms with Gasteiger partial charge in [0.05, 0.1) is 6.10 Å². The molecule has 0 bridgehead atoms. The zero-order valence-corrected chi connectivity index (χ0v) is 13.8. The number of aliphatic hydroxyl groups excluding tert-OH is 1. The maximum absolute atomic E-state index is 10.4. The van der Waals surface area contributed by atoms with E-state index in [1.54, 1.807) is 0 Å². The summed E-state index contributed by atoms with van der Waals surface area (Å²) in [7, 11) is 0. The molecule has 0 aromatic heterocycles. The Bertz CT molecular complexity index is 554. The normalized spacial score (nSPS) is 12.4. The SMILES string of the molecule is Cc1ccccc1CC(O)c1cc(Br)ccc1I. The van der Waals surface area contributed by atoms with E-state index >= 15 is 0 Å². The maximum Gasteiger partial charge on any atom is 0.0841 e. The Morgan fingerprint density at radius 3 is 2.67 bits per heavy atom. The van der Waals surface area contributed by atoms with Crippen LogP contribution in [0.4, 0.5) is 0 Å². The minimum Gasteiger partial charge on any atom is -0.388 e. The highest BCUT2D eigenvalue weighted by Gasteiger charge is 2.13. The lowest BCUT2D eigenvalue weighted by molar-refractivity contribution is 0.177. The lowest BCUT2D eigenvalue weighted by Gasteiger charge is -2.15. The lowest BCUT2D eigenvalue weighted by Crippen LogP contribution is -2.05. The van der Waals surface area contributed by atoms with Crippen molar-refractivity contribution in [1.82, 2.24) is 0 Å². The predicted molar refractivity (Wildman–Crippen MR) is 86.7 cm³/mol.